The van der Waals surface area contributed by atoms with E-state index in [1.165, 1.54) is 25.9 Å². The van der Waals surface area contributed by atoms with E-state index in [9.17, 15) is 0 Å². The average Bonchev–Trinajstić information content (AvgIpc) is 2.88. The molecule has 5 atom stereocenters. The van der Waals surface area contributed by atoms with Crippen molar-refractivity contribution < 1.29 is 4.74 Å². The van der Waals surface area contributed by atoms with Crippen LogP contribution in [0.1, 0.15) is 12.8 Å². The van der Waals surface area contributed by atoms with Crippen molar-refractivity contribution in [2.75, 3.05) is 19.7 Å². The van der Waals surface area contributed by atoms with E-state index in [4.69, 9.17) is 16.3 Å². The molecule has 1 aliphatic heterocycles. The molecule has 3 rings (SSSR count). The van der Waals surface area contributed by atoms with Gasteiger partial charge in [-0.3, -0.25) is 0 Å². The van der Waals surface area contributed by atoms with Crippen LogP contribution in [0.5, 0.6) is 0 Å². The van der Waals surface area contributed by atoms with E-state index in [0.717, 1.165) is 18.4 Å². The predicted molar refractivity (Wildman–Crippen MR) is 70.2 cm³/mol. The summed E-state index contributed by atoms with van der Waals surface area (Å²) < 4.78 is 6.05. The van der Waals surface area contributed by atoms with Crippen LogP contribution in [-0.2, 0) is 4.74 Å². The monoisotopic (exact) mass is 253 g/mol. The van der Waals surface area contributed by atoms with Crippen molar-refractivity contribution in [2.45, 2.75) is 24.3 Å². The van der Waals surface area contributed by atoms with E-state index in [1.807, 2.05) is 12.2 Å². The number of halogens is 1. The molecule has 0 bridgehead atoms. The number of rotatable bonds is 3. The lowest BCUT2D eigenvalue weighted by atomic mass is 10.0. The van der Waals surface area contributed by atoms with Crippen LogP contribution in [-0.4, -0.2) is 31.2 Å². The molecule has 3 heteroatoms. The number of alkyl halides is 1. The maximum atomic E-state index is 6.24. The SMILES string of the molecule is ClC1C=CC=CC1COC1C[C@H]2CNC[C@H]2C1. The Bertz CT molecular complexity index is 316. The lowest BCUT2D eigenvalue weighted by Crippen LogP contribution is -2.23. The molecule has 94 valence electrons. The number of fused-ring (bicyclic) bond motifs is 1. The lowest BCUT2D eigenvalue weighted by molar-refractivity contribution is 0.0385. The van der Waals surface area contributed by atoms with Crippen molar-refractivity contribution in [2.24, 2.45) is 17.8 Å². The van der Waals surface area contributed by atoms with Crippen LogP contribution >= 0.6 is 11.6 Å². The van der Waals surface area contributed by atoms with E-state index in [2.05, 4.69) is 17.5 Å². The highest BCUT2D eigenvalue weighted by Gasteiger charge is 2.37. The standard InChI is InChI=1S/C14H20ClNO/c15-14-4-2-1-3-10(14)9-17-13-5-11-7-16-8-12(11)6-13/h1-4,10-14,16H,5-9H2/t10?,11-,12+,13?,14?. The van der Waals surface area contributed by atoms with Crippen molar-refractivity contribution in [1.29, 1.82) is 0 Å². The summed E-state index contributed by atoms with van der Waals surface area (Å²) in [4.78, 5) is 0. The number of ether oxygens (including phenoxy) is 1. The van der Waals surface area contributed by atoms with Crippen molar-refractivity contribution in [3.8, 4) is 0 Å². The van der Waals surface area contributed by atoms with Gasteiger partial charge in [0, 0.05) is 5.92 Å². The van der Waals surface area contributed by atoms with E-state index < -0.39 is 0 Å². The fourth-order valence-corrected chi connectivity index (χ4v) is 3.51. The largest absolute Gasteiger partial charge is 0.378 e. The highest BCUT2D eigenvalue weighted by molar-refractivity contribution is 6.22. The van der Waals surface area contributed by atoms with Gasteiger partial charge < -0.3 is 10.1 Å². The summed E-state index contributed by atoms with van der Waals surface area (Å²) in [5.41, 5.74) is 0. The molecule has 0 spiro atoms. The maximum Gasteiger partial charge on any atom is 0.0603 e. The Morgan fingerprint density at radius 2 is 1.82 bits per heavy atom. The molecular weight excluding hydrogens is 234 g/mol. The second-order valence-electron chi connectivity index (χ2n) is 5.48. The second-order valence-corrected chi connectivity index (χ2v) is 5.99. The summed E-state index contributed by atoms with van der Waals surface area (Å²) in [6.07, 6.45) is 11.2. The van der Waals surface area contributed by atoms with E-state index in [0.29, 0.717) is 12.0 Å². The zero-order valence-corrected chi connectivity index (χ0v) is 10.8. The minimum absolute atomic E-state index is 0.0996. The Balaban J connectivity index is 1.46. The van der Waals surface area contributed by atoms with Crippen molar-refractivity contribution in [3.63, 3.8) is 0 Å². The van der Waals surface area contributed by atoms with Crippen LogP contribution < -0.4 is 5.32 Å². The molecule has 17 heavy (non-hydrogen) atoms. The van der Waals surface area contributed by atoms with Gasteiger partial charge in [0.05, 0.1) is 18.1 Å². The molecule has 3 unspecified atom stereocenters. The highest BCUT2D eigenvalue weighted by Crippen LogP contribution is 2.36. The molecule has 0 radical (unpaired) electrons. The van der Waals surface area contributed by atoms with Gasteiger partial charge in [0.25, 0.3) is 0 Å². The molecule has 1 N–H and O–H groups in total. The van der Waals surface area contributed by atoms with Gasteiger partial charge in [0.15, 0.2) is 0 Å². The Hall–Kier alpha value is -0.310. The van der Waals surface area contributed by atoms with Gasteiger partial charge >= 0.3 is 0 Å². The zero-order chi connectivity index (χ0) is 11.7. The third-order valence-electron chi connectivity index (χ3n) is 4.31. The van der Waals surface area contributed by atoms with E-state index in [-0.39, 0.29) is 5.38 Å². The average molecular weight is 254 g/mol. The molecule has 2 fully saturated rings. The van der Waals surface area contributed by atoms with Gasteiger partial charge in [-0.2, -0.15) is 0 Å². The summed E-state index contributed by atoms with van der Waals surface area (Å²) in [6, 6.07) is 0. The van der Waals surface area contributed by atoms with Crippen molar-refractivity contribution in [1.82, 2.24) is 5.32 Å². The Kier molecular flexibility index (Phi) is 3.55. The third-order valence-corrected chi connectivity index (χ3v) is 4.78. The van der Waals surface area contributed by atoms with Gasteiger partial charge in [-0.15, -0.1) is 11.6 Å². The first kappa shape index (κ1) is 11.8. The summed E-state index contributed by atoms with van der Waals surface area (Å²) in [7, 11) is 0. The van der Waals surface area contributed by atoms with Crippen molar-refractivity contribution in [3.05, 3.63) is 24.3 Å². The van der Waals surface area contributed by atoms with Crippen LogP contribution in [0.25, 0.3) is 0 Å². The third kappa shape index (κ3) is 2.59. The molecule has 2 aliphatic carbocycles. The summed E-state index contributed by atoms with van der Waals surface area (Å²) >= 11 is 6.24. The van der Waals surface area contributed by atoms with Gasteiger partial charge in [-0.25, -0.2) is 0 Å². The molecular formula is C14H20ClNO. The molecule has 2 nitrogen and oxygen atoms in total. The predicted octanol–water partition coefficient (Wildman–Crippen LogP) is 2.35. The molecule has 0 aromatic rings. The molecule has 3 aliphatic rings. The van der Waals surface area contributed by atoms with Gasteiger partial charge in [-0.05, 0) is 37.8 Å². The molecule has 1 saturated carbocycles. The Morgan fingerprint density at radius 1 is 1.12 bits per heavy atom. The number of nitrogens with one attached hydrogen (secondary N) is 1. The van der Waals surface area contributed by atoms with Crippen LogP contribution in [0.15, 0.2) is 24.3 Å². The first-order chi connectivity index (χ1) is 8.33. The van der Waals surface area contributed by atoms with Crippen molar-refractivity contribution >= 4 is 11.6 Å². The molecule has 0 aromatic heterocycles. The Labute approximate surface area is 108 Å². The maximum absolute atomic E-state index is 6.24. The van der Waals surface area contributed by atoms with Crippen LogP contribution in [0, 0.1) is 17.8 Å². The zero-order valence-electron chi connectivity index (χ0n) is 10.0. The number of hydrogen-bond acceptors (Lipinski definition) is 2. The minimum atomic E-state index is 0.0996. The first-order valence-corrected chi connectivity index (χ1v) is 7.08. The fraction of sp³-hybridized carbons (Fsp3) is 0.714. The molecule has 1 saturated heterocycles. The van der Waals surface area contributed by atoms with Gasteiger partial charge in [-0.1, -0.05) is 24.3 Å². The highest BCUT2D eigenvalue weighted by atomic mass is 35.5. The smallest absolute Gasteiger partial charge is 0.0603 e. The minimum Gasteiger partial charge on any atom is -0.378 e. The topological polar surface area (TPSA) is 21.3 Å². The second kappa shape index (κ2) is 5.13. The summed E-state index contributed by atoms with van der Waals surface area (Å²) in [5, 5.41) is 3.56. The van der Waals surface area contributed by atoms with Gasteiger partial charge in [0.1, 0.15) is 0 Å². The van der Waals surface area contributed by atoms with Crippen LogP contribution in [0.3, 0.4) is 0 Å². The molecule has 0 amide bonds. The summed E-state index contributed by atoms with van der Waals surface area (Å²) in [6.45, 7) is 3.15. The molecule has 0 aromatic carbocycles. The van der Waals surface area contributed by atoms with E-state index >= 15 is 0 Å². The normalized spacial score (nSPS) is 44.2. The lowest BCUT2D eigenvalue weighted by Gasteiger charge is -2.21. The molecule has 1 heterocycles. The van der Waals surface area contributed by atoms with Crippen LogP contribution in [0.4, 0.5) is 0 Å². The van der Waals surface area contributed by atoms with E-state index in [1.54, 1.807) is 0 Å². The fourth-order valence-electron chi connectivity index (χ4n) is 3.27. The quantitative estimate of drug-likeness (QED) is 0.780. The first-order valence-electron chi connectivity index (χ1n) is 6.64. The van der Waals surface area contributed by atoms with Crippen LogP contribution in [0.2, 0.25) is 0 Å². The number of hydrogen-bond donors (Lipinski definition) is 1. The van der Waals surface area contributed by atoms with Gasteiger partial charge in [0.2, 0.25) is 0 Å². The Morgan fingerprint density at radius 3 is 2.53 bits per heavy atom. The summed E-state index contributed by atoms with van der Waals surface area (Å²) in [5.74, 6) is 2.06. The number of allylic oxidation sites excluding steroid dienone is 3.